The summed E-state index contributed by atoms with van der Waals surface area (Å²) in [5, 5.41) is 2.89. The Bertz CT molecular complexity index is 976. The molecule has 160 valence electrons. The fraction of sp³-hybridized carbons (Fsp3) is 0.400. The van der Waals surface area contributed by atoms with Gasteiger partial charge in [0.05, 0.1) is 18.9 Å². The molecule has 1 heterocycles. The number of methoxy groups -OCH3 is 1. The Labute approximate surface area is 181 Å². The first-order valence-electron chi connectivity index (χ1n) is 10.9. The van der Waals surface area contributed by atoms with E-state index in [-0.39, 0.29) is 29.6 Å². The summed E-state index contributed by atoms with van der Waals surface area (Å²) in [6, 6.07) is 15.7. The number of nitrogens with zero attached hydrogens (tertiary/aromatic N) is 1. The van der Waals surface area contributed by atoms with Crippen LogP contribution in [0.15, 0.2) is 54.6 Å². The molecule has 0 radical (unpaired) electrons. The van der Waals surface area contributed by atoms with Crippen LogP contribution < -0.4 is 10.1 Å². The van der Waals surface area contributed by atoms with Crippen LogP contribution in [-0.2, 0) is 20.8 Å². The predicted octanol–water partition coefficient (Wildman–Crippen LogP) is 3.28. The Morgan fingerprint density at radius 3 is 2.19 bits per heavy atom. The van der Waals surface area contributed by atoms with E-state index in [2.05, 4.69) is 5.32 Å². The van der Waals surface area contributed by atoms with Crippen molar-refractivity contribution in [2.24, 2.45) is 23.7 Å². The molecule has 6 heteroatoms. The summed E-state index contributed by atoms with van der Waals surface area (Å²) in [6.07, 6.45) is 3.30. The molecule has 0 aromatic heterocycles. The highest BCUT2D eigenvalue weighted by molar-refractivity contribution is 6.10. The lowest BCUT2D eigenvalue weighted by atomic mass is 9.81. The van der Waals surface area contributed by atoms with Gasteiger partial charge in [-0.1, -0.05) is 30.3 Å². The smallest absolute Gasteiger partial charge is 0.248 e. The highest BCUT2D eigenvalue weighted by Crippen LogP contribution is 2.56. The number of amides is 3. The molecule has 2 aromatic carbocycles. The molecule has 0 spiro atoms. The Hall–Kier alpha value is -3.15. The predicted molar refractivity (Wildman–Crippen MR) is 115 cm³/mol. The van der Waals surface area contributed by atoms with Crippen molar-refractivity contribution < 1.29 is 19.1 Å². The third kappa shape index (κ3) is 3.40. The van der Waals surface area contributed by atoms with Crippen LogP contribution in [0, 0.1) is 23.7 Å². The molecular formula is C25H26N2O4. The van der Waals surface area contributed by atoms with Crippen molar-refractivity contribution in [2.75, 3.05) is 12.4 Å². The molecule has 0 unspecified atom stereocenters. The number of likely N-dealkylation sites (tertiary alicyclic amines) is 1. The van der Waals surface area contributed by atoms with Gasteiger partial charge in [0.1, 0.15) is 11.8 Å². The zero-order valence-corrected chi connectivity index (χ0v) is 17.5. The number of anilines is 1. The van der Waals surface area contributed by atoms with Crippen LogP contribution in [0.2, 0.25) is 0 Å². The van der Waals surface area contributed by atoms with Gasteiger partial charge in [0.2, 0.25) is 17.7 Å². The minimum absolute atomic E-state index is 0.159. The zero-order chi connectivity index (χ0) is 21.5. The third-order valence-electron chi connectivity index (χ3n) is 7.21. The molecule has 2 aromatic rings. The molecule has 1 saturated heterocycles. The van der Waals surface area contributed by atoms with E-state index in [1.54, 1.807) is 31.4 Å². The van der Waals surface area contributed by atoms with Crippen LogP contribution in [-0.4, -0.2) is 35.8 Å². The second-order valence-electron chi connectivity index (χ2n) is 8.85. The van der Waals surface area contributed by atoms with Crippen molar-refractivity contribution in [1.82, 2.24) is 4.90 Å². The molecule has 3 fully saturated rings. The van der Waals surface area contributed by atoms with E-state index in [1.165, 1.54) is 4.90 Å². The lowest BCUT2D eigenvalue weighted by Gasteiger charge is -2.27. The van der Waals surface area contributed by atoms with E-state index >= 15 is 0 Å². The number of fused-ring (bicyclic) bond motifs is 5. The fourth-order valence-corrected chi connectivity index (χ4v) is 5.78. The number of rotatable bonds is 6. The van der Waals surface area contributed by atoms with Gasteiger partial charge >= 0.3 is 0 Å². The second-order valence-corrected chi connectivity index (χ2v) is 8.85. The summed E-state index contributed by atoms with van der Waals surface area (Å²) in [7, 11) is 1.58. The molecule has 6 nitrogen and oxygen atoms in total. The summed E-state index contributed by atoms with van der Waals surface area (Å²) in [5.74, 6) is 0.129. The normalized spacial score (nSPS) is 27.3. The summed E-state index contributed by atoms with van der Waals surface area (Å²) in [5.41, 5.74) is 1.52. The van der Waals surface area contributed by atoms with E-state index in [0.717, 1.165) is 24.8 Å². The Morgan fingerprint density at radius 1 is 1.00 bits per heavy atom. The average molecular weight is 418 g/mol. The van der Waals surface area contributed by atoms with Crippen LogP contribution in [0.3, 0.4) is 0 Å². The maximum absolute atomic E-state index is 13.4. The molecule has 31 heavy (non-hydrogen) atoms. The molecule has 1 aliphatic heterocycles. The number of ether oxygens (including phenoxy) is 1. The van der Waals surface area contributed by atoms with Crippen molar-refractivity contribution in [2.45, 2.75) is 31.7 Å². The number of carbonyl (C=O) groups is 3. The molecule has 3 aliphatic rings. The SMILES string of the molecule is COc1ccc(NC(=O)[C@H](Cc2ccccc2)N2C(=O)[C@H]3[C@@H]4CC[C@@H](C4)[C@@H]3C2=O)cc1. The summed E-state index contributed by atoms with van der Waals surface area (Å²) in [4.78, 5) is 41.4. The molecule has 1 N–H and O–H groups in total. The topological polar surface area (TPSA) is 75.7 Å². The van der Waals surface area contributed by atoms with Crippen LogP contribution in [0.5, 0.6) is 5.75 Å². The average Bonchev–Trinajstić information content (AvgIpc) is 3.47. The van der Waals surface area contributed by atoms with Gasteiger partial charge in [0.15, 0.2) is 0 Å². The number of carbonyl (C=O) groups excluding carboxylic acids is 3. The first-order valence-corrected chi connectivity index (χ1v) is 10.9. The number of imide groups is 1. The lowest BCUT2D eigenvalue weighted by Crippen LogP contribution is -2.49. The Balaban J connectivity index is 1.43. The van der Waals surface area contributed by atoms with Crippen LogP contribution in [0.25, 0.3) is 0 Å². The van der Waals surface area contributed by atoms with Gasteiger partial charge < -0.3 is 10.1 Å². The second kappa shape index (κ2) is 7.84. The largest absolute Gasteiger partial charge is 0.497 e. The minimum atomic E-state index is -0.866. The minimum Gasteiger partial charge on any atom is -0.497 e. The van der Waals surface area contributed by atoms with Gasteiger partial charge in [-0.3, -0.25) is 19.3 Å². The molecule has 5 atom stereocenters. The standard InChI is InChI=1S/C25H26N2O4/c1-31-19-11-9-18(10-12-19)26-23(28)20(13-15-5-3-2-4-6-15)27-24(29)21-16-7-8-17(14-16)22(21)25(27)30/h2-6,9-12,16-17,20-22H,7-8,13-14H2,1H3,(H,26,28)/t16-,17+,20-,21-,22-/m0/s1. The van der Waals surface area contributed by atoms with Crippen molar-refractivity contribution >= 4 is 23.4 Å². The number of nitrogens with one attached hydrogen (secondary N) is 1. The highest BCUT2D eigenvalue weighted by atomic mass is 16.5. The molecule has 3 amide bonds. The van der Waals surface area contributed by atoms with Crippen LogP contribution >= 0.6 is 0 Å². The van der Waals surface area contributed by atoms with Crippen molar-refractivity contribution in [3.8, 4) is 5.75 Å². The van der Waals surface area contributed by atoms with Gasteiger partial charge in [-0.2, -0.15) is 0 Å². The third-order valence-corrected chi connectivity index (χ3v) is 7.21. The van der Waals surface area contributed by atoms with Crippen molar-refractivity contribution in [3.63, 3.8) is 0 Å². The van der Waals surface area contributed by atoms with Crippen LogP contribution in [0.1, 0.15) is 24.8 Å². The monoisotopic (exact) mass is 418 g/mol. The Kier molecular flexibility index (Phi) is 5.00. The fourth-order valence-electron chi connectivity index (χ4n) is 5.78. The first-order chi connectivity index (χ1) is 15.1. The summed E-state index contributed by atoms with van der Waals surface area (Å²) >= 11 is 0. The molecule has 5 rings (SSSR count). The van der Waals surface area contributed by atoms with Gasteiger partial charge in [0, 0.05) is 12.1 Å². The number of hydrogen-bond donors (Lipinski definition) is 1. The highest BCUT2D eigenvalue weighted by Gasteiger charge is 2.62. The quantitative estimate of drug-likeness (QED) is 0.731. The first kappa shape index (κ1) is 19.8. The van der Waals surface area contributed by atoms with E-state index in [9.17, 15) is 14.4 Å². The zero-order valence-electron chi connectivity index (χ0n) is 17.5. The maximum atomic E-state index is 13.4. The van der Waals surface area contributed by atoms with Gasteiger partial charge in [-0.15, -0.1) is 0 Å². The number of hydrogen-bond acceptors (Lipinski definition) is 4. The van der Waals surface area contributed by atoms with Gasteiger partial charge in [-0.25, -0.2) is 0 Å². The van der Waals surface area contributed by atoms with Gasteiger partial charge in [0.25, 0.3) is 0 Å². The van der Waals surface area contributed by atoms with Gasteiger partial charge in [-0.05, 0) is 60.9 Å². The van der Waals surface area contributed by atoms with E-state index < -0.39 is 6.04 Å². The van der Waals surface area contributed by atoms with E-state index in [0.29, 0.717) is 29.7 Å². The van der Waals surface area contributed by atoms with Crippen LogP contribution in [0.4, 0.5) is 5.69 Å². The molecular weight excluding hydrogens is 392 g/mol. The molecule has 2 aliphatic carbocycles. The molecule has 2 saturated carbocycles. The van der Waals surface area contributed by atoms with E-state index in [1.807, 2.05) is 30.3 Å². The lowest BCUT2D eigenvalue weighted by molar-refractivity contribution is -0.147. The molecule has 2 bridgehead atoms. The number of benzene rings is 2. The maximum Gasteiger partial charge on any atom is 0.248 e. The van der Waals surface area contributed by atoms with Crippen molar-refractivity contribution in [3.05, 3.63) is 60.2 Å². The Morgan fingerprint density at radius 2 is 1.61 bits per heavy atom. The van der Waals surface area contributed by atoms with E-state index in [4.69, 9.17) is 4.74 Å². The van der Waals surface area contributed by atoms with Crippen molar-refractivity contribution in [1.29, 1.82) is 0 Å². The summed E-state index contributed by atoms with van der Waals surface area (Å²) in [6.45, 7) is 0. The summed E-state index contributed by atoms with van der Waals surface area (Å²) < 4.78 is 5.17.